The van der Waals surface area contributed by atoms with Crippen LogP contribution in [0.25, 0.3) is 38.4 Å². The minimum absolute atomic E-state index is 0. The zero-order chi connectivity index (χ0) is 19.5. The van der Waals surface area contributed by atoms with Crippen LogP contribution in [0.5, 0.6) is 0 Å². The van der Waals surface area contributed by atoms with E-state index in [1.807, 2.05) is 42.6 Å². The number of hydrogen-bond donors (Lipinski definition) is 0. The van der Waals surface area contributed by atoms with E-state index in [1.165, 1.54) is 16.7 Å². The molecule has 3 aromatic carbocycles. The fraction of sp³-hybridized carbons (Fsp3) is 0.0769. The SMILES string of the molecule is [C-]#[N+]c1cccc(-c2cnc(-c3[c-]cc(C)c(-c4ccccc4)c3)cc2C)c1.[Ir]. The summed E-state index contributed by atoms with van der Waals surface area (Å²) in [6, 6.07) is 27.7. The molecule has 0 atom stereocenters. The average molecular weight is 552 g/mol. The van der Waals surface area contributed by atoms with E-state index in [0.29, 0.717) is 5.69 Å². The second kappa shape index (κ2) is 8.97. The van der Waals surface area contributed by atoms with Crippen LogP contribution in [0.2, 0.25) is 0 Å². The average Bonchev–Trinajstić information content (AvgIpc) is 2.74. The van der Waals surface area contributed by atoms with Gasteiger partial charge >= 0.3 is 0 Å². The molecule has 2 nitrogen and oxygen atoms in total. The monoisotopic (exact) mass is 552 g/mol. The molecule has 143 valence electrons. The van der Waals surface area contributed by atoms with Crippen molar-refractivity contribution in [2.24, 2.45) is 0 Å². The summed E-state index contributed by atoms with van der Waals surface area (Å²) >= 11 is 0. The molecule has 0 spiro atoms. The summed E-state index contributed by atoms with van der Waals surface area (Å²) in [6.45, 7) is 11.4. The van der Waals surface area contributed by atoms with Crippen LogP contribution >= 0.6 is 0 Å². The fourth-order valence-electron chi connectivity index (χ4n) is 3.39. The Morgan fingerprint density at radius 3 is 2.31 bits per heavy atom. The van der Waals surface area contributed by atoms with Gasteiger partial charge in [-0.3, -0.25) is 0 Å². The second-order valence-electron chi connectivity index (χ2n) is 6.86. The number of pyridine rings is 1. The summed E-state index contributed by atoms with van der Waals surface area (Å²) in [5.74, 6) is 0. The summed E-state index contributed by atoms with van der Waals surface area (Å²) in [5, 5.41) is 0. The summed E-state index contributed by atoms with van der Waals surface area (Å²) in [4.78, 5) is 8.22. The molecular formula is C26H19IrN2-. The molecule has 0 unspecified atom stereocenters. The molecule has 1 aromatic heterocycles. The molecule has 1 radical (unpaired) electrons. The molecule has 3 heteroatoms. The number of benzene rings is 3. The van der Waals surface area contributed by atoms with Gasteiger partial charge in [-0.05, 0) is 40.9 Å². The van der Waals surface area contributed by atoms with Gasteiger partial charge in [-0.2, -0.15) is 0 Å². The standard InChI is InChI=1S/C26H19N2.Ir/c1-18-12-13-22(16-24(18)20-8-5-4-6-9-20)26-14-19(2)25(17-28-26)21-10-7-11-23(15-21)27-3;/h4-12,14-17H,1-2H3;/q-1;. The minimum Gasteiger partial charge on any atom is -0.304 e. The number of rotatable bonds is 3. The third-order valence-corrected chi connectivity index (χ3v) is 4.92. The summed E-state index contributed by atoms with van der Waals surface area (Å²) < 4.78 is 0. The van der Waals surface area contributed by atoms with Gasteiger partial charge in [0.15, 0.2) is 5.69 Å². The van der Waals surface area contributed by atoms with E-state index >= 15 is 0 Å². The van der Waals surface area contributed by atoms with Crippen LogP contribution in [-0.4, -0.2) is 4.98 Å². The Kier molecular flexibility index (Phi) is 6.39. The molecule has 0 saturated heterocycles. The Morgan fingerprint density at radius 1 is 0.828 bits per heavy atom. The second-order valence-corrected chi connectivity index (χ2v) is 6.86. The Labute approximate surface area is 185 Å². The van der Waals surface area contributed by atoms with Crippen molar-refractivity contribution in [3.63, 3.8) is 0 Å². The number of nitrogens with zero attached hydrogens (tertiary/aromatic N) is 2. The van der Waals surface area contributed by atoms with Crippen molar-refractivity contribution in [3.05, 3.63) is 108 Å². The molecule has 0 amide bonds. The van der Waals surface area contributed by atoms with Gasteiger partial charge in [-0.25, -0.2) is 4.85 Å². The largest absolute Gasteiger partial charge is 0.304 e. The molecule has 4 aromatic rings. The third-order valence-electron chi connectivity index (χ3n) is 4.92. The number of hydrogen-bond acceptors (Lipinski definition) is 1. The predicted molar refractivity (Wildman–Crippen MR) is 115 cm³/mol. The van der Waals surface area contributed by atoms with Crippen LogP contribution in [0.15, 0.2) is 79.0 Å². The molecule has 0 fully saturated rings. The van der Waals surface area contributed by atoms with Gasteiger partial charge in [0.25, 0.3) is 0 Å². The molecule has 0 bridgehead atoms. The first-order valence-corrected chi connectivity index (χ1v) is 9.18. The van der Waals surface area contributed by atoms with Crippen molar-refractivity contribution in [1.29, 1.82) is 0 Å². The van der Waals surface area contributed by atoms with Crippen LogP contribution in [0.1, 0.15) is 11.1 Å². The van der Waals surface area contributed by atoms with Crippen LogP contribution in [0.4, 0.5) is 5.69 Å². The quantitative estimate of drug-likeness (QED) is 0.250. The van der Waals surface area contributed by atoms with Gasteiger partial charge in [0, 0.05) is 26.3 Å². The smallest absolute Gasteiger partial charge is 0.187 e. The molecular weight excluding hydrogens is 533 g/mol. The van der Waals surface area contributed by atoms with Crippen molar-refractivity contribution >= 4 is 5.69 Å². The third kappa shape index (κ3) is 4.35. The van der Waals surface area contributed by atoms with E-state index in [0.717, 1.165) is 27.9 Å². The van der Waals surface area contributed by atoms with E-state index in [2.05, 4.69) is 61.2 Å². The molecule has 0 aliphatic rings. The predicted octanol–water partition coefficient (Wildman–Crippen LogP) is 7.05. The Morgan fingerprint density at radius 2 is 1.59 bits per heavy atom. The van der Waals surface area contributed by atoms with Gasteiger partial charge in [0.05, 0.1) is 6.57 Å². The van der Waals surface area contributed by atoms with Crippen LogP contribution in [0, 0.1) is 26.5 Å². The maximum absolute atomic E-state index is 7.22. The van der Waals surface area contributed by atoms with Crippen LogP contribution in [0.3, 0.4) is 0 Å². The van der Waals surface area contributed by atoms with Crippen molar-refractivity contribution in [1.82, 2.24) is 4.98 Å². The molecule has 0 saturated carbocycles. The zero-order valence-corrected chi connectivity index (χ0v) is 18.6. The topological polar surface area (TPSA) is 17.2 Å². The first kappa shape index (κ1) is 20.7. The maximum Gasteiger partial charge on any atom is 0.187 e. The molecule has 0 aliphatic heterocycles. The summed E-state index contributed by atoms with van der Waals surface area (Å²) in [5.41, 5.74) is 9.30. The maximum atomic E-state index is 7.22. The Hall–Kier alpha value is -3.05. The minimum atomic E-state index is 0. The summed E-state index contributed by atoms with van der Waals surface area (Å²) in [7, 11) is 0. The Bertz CT molecular complexity index is 1190. The fourth-order valence-corrected chi connectivity index (χ4v) is 3.39. The Balaban J connectivity index is 0.00000240. The van der Waals surface area contributed by atoms with Crippen LogP contribution in [-0.2, 0) is 20.1 Å². The van der Waals surface area contributed by atoms with Gasteiger partial charge in [0.2, 0.25) is 0 Å². The molecule has 0 aliphatic carbocycles. The van der Waals surface area contributed by atoms with Gasteiger partial charge < -0.3 is 4.98 Å². The van der Waals surface area contributed by atoms with E-state index in [1.54, 1.807) is 0 Å². The molecule has 29 heavy (non-hydrogen) atoms. The normalized spacial score (nSPS) is 10.1. The van der Waals surface area contributed by atoms with Crippen molar-refractivity contribution < 1.29 is 20.1 Å². The molecule has 4 rings (SSSR count). The van der Waals surface area contributed by atoms with Crippen molar-refractivity contribution in [2.45, 2.75) is 13.8 Å². The van der Waals surface area contributed by atoms with Gasteiger partial charge in [-0.15, -0.1) is 29.3 Å². The first-order chi connectivity index (χ1) is 13.7. The van der Waals surface area contributed by atoms with E-state index in [4.69, 9.17) is 11.6 Å². The number of aryl methyl sites for hydroxylation is 2. The number of aromatic nitrogens is 1. The van der Waals surface area contributed by atoms with Gasteiger partial charge in [0.1, 0.15) is 0 Å². The van der Waals surface area contributed by atoms with E-state index in [-0.39, 0.29) is 20.1 Å². The first-order valence-electron chi connectivity index (χ1n) is 9.18. The zero-order valence-electron chi connectivity index (χ0n) is 16.2. The van der Waals surface area contributed by atoms with Crippen molar-refractivity contribution in [3.8, 4) is 33.5 Å². The van der Waals surface area contributed by atoms with Crippen LogP contribution < -0.4 is 0 Å². The van der Waals surface area contributed by atoms with Gasteiger partial charge in [-0.1, -0.05) is 67.1 Å². The molecule has 1 heterocycles. The van der Waals surface area contributed by atoms with E-state index < -0.39 is 0 Å². The summed E-state index contributed by atoms with van der Waals surface area (Å²) in [6.07, 6.45) is 1.89. The van der Waals surface area contributed by atoms with Crippen molar-refractivity contribution in [2.75, 3.05) is 0 Å². The van der Waals surface area contributed by atoms with E-state index in [9.17, 15) is 0 Å². The molecule has 0 N–H and O–H groups in total.